The van der Waals surface area contributed by atoms with E-state index in [-0.39, 0.29) is 18.4 Å². The molecule has 0 radical (unpaired) electrons. The number of amides is 2. The molecule has 2 aromatic carbocycles. The molecular formula is C37H51N5O3. The van der Waals surface area contributed by atoms with Crippen molar-refractivity contribution in [3.8, 4) is 0 Å². The number of nitrogens with zero attached hydrogens (tertiary/aromatic N) is 3. The lowest BCUT2D eigenvalue weighted by atomic mass is 9.94. The van der Waals surface area contributed by atoms with Gasteiger partial charge in [0, 0.05) is 67.5 Å². The zero-order valence-corrected chi connectivity index (χ0v) is 27.5. The lowest BCUT2D eigenvalue weighted by Crippen LogP contribution is -2.51. The van der Waals surface area contributed by atoms with Crippen LogP contribution in [0.4, 0.5) is 5.69 Å². The molecule has 2 heterocycles. The van der Waals surface area contributed by atoms with Gasteiger partial charge in [0.05, 0.1) is 12.1 Å². The van der Waals surface area contributed by atoms with Crippen molar-refractivity contribution in [3.63, 3.8) is 0 Å². The number of carbonyl (C=O) groups is 2. The fraction of sp³-hybridized carbons (Fsp3) is 0.486. The molecular weight excluding hydrogens is 562 g/mol. The van der Waals surface area contributed by atoms with Crippen molar-refractivity contribution in [2.24, 2.45) is 0 Å². The standard InChI is InChI=1S/C37H51N5O3/c1-5-19-42(20-6-2)36(45)30-24-29(25-32(26-30)41-21-11-8-12-22-41)35(44)40-33(23-28-13-9-7-10-14-28)34(43)27-39-37(3,4)31-15-17-38-18-16-31/h7,9-10,13-18,24-26,33-34,39,43H,5-6,8,11-12,19-23,27H2,1-4H3,(H,40,44)/t33-,34+/m0/s1. The second kappa shape index (κ2) is 16.5. The highest BCUT2D eigenvalue weighted by atomic mass is 16.3. The highest BCUT2D eigenvalue weighted by Crippen LogP contribution is 2.25. The number of aliphatic hydroxyl groups excluding tert-OH is 1. The molecule has 0 saturated carbocycles. The van der Waals surface area contributed by atoms with Crippen molar-refractivity contribution in [2.75, 3.05) is 37.6 Å². The third-order valence-electron chi connectivity index (χ3n) is 8.66. The molecule has 1 saturated heterocycles. The van der Waals surface area contributed by atoms with Crippen LogP contribution in [0.1, 0.15) is 91.6 Å². The Balaban J connectivity index is 1.60. The van der Waals surface area contributed by atoms with Gasteiger partial charge in [0.15, 0.2) is 0 Å². The van der Waals surface area contributed by atoms with Crippen LogP contribution in [0.15, 0.2) is 73.1 Å². The number of rotatable bonds is 15. The van der Waals surface area contributed by atoms with Gasteiger partial charge in [0.2, 0.25) is 0 Å². The van der Waals surface area contributed by atoms with Gasteiger partial charge in [0.1, 0.15) is 0 Å². The first-order valence-electron chi connectivity index (χ1n) is 16.6. The van der Waals surface area contributed by atoms with E-state index in [0.717, 1.165) is 55.6 Å². The summed E-state index contributed by atoms with van der Waals surface area (Å²) in [6, 6.07) is 18.8. The van der Waals surface area contributed by atoms with Gasteiger partial charge in [-0.25, -0.2) is 0 Å². The van der Waals surface area contributed by atoms with E-state index in [9.17, 15) is 14.7 Å². The third-order valence-corrected chi connectivity index (χ3v) is 8.66. The van der Waals surface area contributed by atoms with Crippen LogP contribution in [0.3, 0.4) is 0 Å². The number of piperidine rings is 1. The Hall–Kier alpha value is -3.75. The highest BCUT2D eigenvalue weighted by Gasteiger charge is 2.28. The molecule has 242 valence electrons. The fourth-order valence-corrected chi connectivity index (χ4v) is 6.01. The molecule has 8 nitrogen and oxygen atoms in total. The van der Waals surface area contributed by atoms with Crippen LogP contribution in [0, 0.1) is 0 Å². The number of aliphatic hydroxyl groups is 1. The number of pyridine rings is 1. The molecule has 4 rings (SSSR count). The monoisotopic (exact) mass is 613 g/mol. The van der Waals surface area contributed by atoms with Crippen LogP contribution in [-0.4, -0.2) is 71.7 Å². The summed E-state index contributed by atoms with van der Waals surface area (Å²) in [6.45, 7) is 11.7. The summed E-state index contributed by atoms with van der Waals surface area (Å²) in [5, 5.41) is 18.1. The predicted octanol–water partition coefficient (Wildman–Crippen LogP) is 5.56. The molecule has 1 aliphatic rings. The number of anilines is 1. The summed E-state index contributed by atoms with van der Waals surface area (Å²) in [7, 11) is 0. The van der Waals surface area contributed by atoms with Crippen LogP contribution in [0.5, 0.6) is 0 Å². The number of aromatic nitrogens is 1. The number of carbonyl (C=O) groups excluding carboxylic acids is 2. The van der Waals surface area contributed by atoms with Gasteiger partial charge in [-0.15, -0.1) is 0 Å². The molecule has 0 unspecified atom stereocenters. The normalized spacial score (nSPS) is 14.9. The summed E-state index contributed by atoms with van der Waals surface area (Å²) < 4.78 is 0. The maximum Gasteiger partial charge on any atom is 0.253 e. The molecule has 2 amide bonds. The second-order valence-corrected chi connectivity index (χ2v) is 12.7. The van der Waals surface area contributed by atoms with Crippen molar-refractivity contribution >= 4 is 17.5 Å². The largest absolute Gasteiger partial charge is 0.390 e. The topological polar surface area (TPSA) is 97.8 Å². The van der Waals surface area contributed by atoms with Gasteiger partial charge in [-0.3, -0.25) is 14.6 Å². The minimum atomic E-state index is -0.869. The van der Waals surface area contributed by atoms with E-state index >= 15 is 0 Å². The summed E-state index contributed by atoms with van der Waals surface area (Å²) in [5.41, 5.74) is 3.53. The molecule has 0 aliphatic carbocycles. The van der Waals surface area contributed by atoms with Crippen LogP contribution < -0.4 is 15.5 Å². The van der Waals surface area contributed by atoms with E-state index in [4.69, 9.17) is 0 Å². The first-order valence-corrected chi connectivity index (χ1v) is 16.6. The second-order valence-electron chi connectivity index (χ2n) is 12.7. The maximum absolute atomic E-state index is 14.0. The van der Waals surface area contributed by atoms with Gasteiger partial charge < -0.3 is 25.5 Å². The average Bonchev–Trinajstić information content (AvgIpc) is 3.07. The minimum absolute atomic E-state index is 0.0463. The minimum Gasteiger partial charge on any atom is -0.390 e. The fourth-order valence-electron chi connectivity index (χ4n) is 6.01. The van der Waals surface area contributed by atoms with Crippen molar-refractivity contribution in [2.45, 2.75) is 83.9 Å². The van der Waals surface area contributed by atoms with Crippen molar-refractivity contribution in [3.05, 3.63) is 95.3 Å². The quantitative estimate of drug-likeness (QED) is 0.208. The van der Waals surface area contributed by atoms with E-state index < -0.39 is 17.7 Å². The zero-order valence-electron chi connectivity index (χ0n) is 27.5. The Morgan fingerprint density at radius 1 is 0.933 bits per heavy atom. The number of nitrogens with one attached hydrogen (secondary N) is 2. The zero-order chi connectivity index (χ0) is 32.2. The van der Waals surface area contributed by atoms with Gasteiger partial charge >= 0.3 is 0 Å². The Morgan fingerprint density at radius 2 is 1.58 bits per heavy atom. The summed E-state index contributed by atoms with van der Waals surface area (Å²) in [6.07, 6.45) is 8.22. The highest BCUT2D eigenvalue weighted by molar-refractivity contribution is 6.01. The summed E-state index contributed by atoms with van der Waals surface area (Å²) >= 11 is 0. The van der Waals surface area contributed by atoms with Crippen molar-refractivity contribution < 1.29 is 14.7 Å². The number of hydrogen-bond acceptors (Lipinski definition) is 6. The molecule has 1 aromatic heterocycles. The van der Waals surface area contributed by atoms with Crippen LogP contribution >= 0.6 is 0 Å². The Morgan fingerprint density at radius 3 is 2.22 bits per heavy atom. The molecule has 3 aromatic rings. The molecule has 0 spiro atoms. The first kappa shape index (κ1) is 34.1. The maximum atomic E-state index is 14.0. The van der Waals surface area contributed by atoms with Crippen LogP contribution in [0.2, 0.25) is 0 Å². The lowest BCUT2D eigenvalue weighted by molar-refractivity contribution is 0.0755. The van der Waals surface area contributed by atoms with Gasteiger partial charge in [-0.1, -0.05) is 44.2 Å². The van der Waals surface area contributed by atoms with E-state index in [1.54, 1.807) is 18.5 Å². The molecule has 8 heteroatoms. The van der Waals surface area contributed by atoms with Crippen LogP contribution in [0.25, 0.3) is 0 Å². The van der Waals surface area contributed by atoms with Gasteiger partial charge in [0.25, 0.3) is 11.8 Å². The van der Waals surface area contributed by atoms with E-state index in [0.29, 0.717) is 30.6 Å². The Labute approximate surface area is 269 Å². The van der Waals surface area contributed by atoms with Crippen LogP contribution in [-0.2, 0) is 12.0 Å². The Bertz CT molecular complexity index is 1350. The van der Waals surface area contributed by atoms with Crippen molar-refractivity contribution in [1.29, 1.82) is 0 Å². The van der Waals surface area contributed by atoms with Crippen molar-refractivity contribution in [1.82, 2.24) is 20.5 Å². The van der Waals surface area contributed by atoms with E-state index in [1.807, 2.05) is 59.5 Å². The molecule has 1 fully saturated rings. The molecule has 1 aliphatic heterocycles. The summed E-state index contributed by atoms with van der Waals surface area (Å²) in [4.78, 5) is 36.0. The average molecular weight is 614 g/mol. The number of benzene rings is 2. The van der Waals surface area contributed by atoms with E-state index in [2.05, 4.69) is 48.2 Å². The van der Waals surface area contributed by atoms with E-state index in [1.165, 1.54) is 6.42 Å². The number of hydrogen-bond donors (Lipinski definition) is 3. The lowest BCUT2D eigenvalue weighted by Gasteiger charge is -2.32. The first-order chi connectivity index (χ1) is 21.7. The molecule has 3 N–H and O–H groups in total. The summed E-state index contributed by atoms with van der Waals surface area (Å²) in [5.74, 6) is -0.344. The smallest absolute Gasteiger partial charge is 0.253 e. The SMILES string of the molecule is CCCN(CCC)C(=O)c1cc(C(=O)N[C@@H](Cc2ccccc2)[C@H](O)CNC(C)(C)c2ccncc2)cc(N2CCCCC2)c1. The molecule has 2 atom stereocenters. The van der Waals surface area contributed by atoms with Gasteiger partial charge in [-0.2, -0.15) is 0 Å². The Kier molecular flexibility index (Phi) is 12.5. The predicted molar refractivity (Wildman–Crippen MR) is 182 cm³/mol. The third kappa shape index (κ3) is 9.62. The molecule has 0 bridgehead atoms. The molecule has 45 heavy (non-hydrogen) atoms. The van der Waals surface area contributed by atoms with Gasteiger partial charge in [-0.05, 0) is 93.8 Å².